The van der Waals surface area contributed by atoms with Gasteiger partial charge in [0.1, 0.15) is 5.82 Å². The number of rotatable bonds is 3. The quantitative estimate of drug-likeness (QED) is 0.830. The molecule has 0 aromatic carbocycles. The van der Waals surface area contributed by atoms with E-state index in [0.29, 0.717) is 23.1 Å². The van der Waals surface area contributed by atoms with Gasteiger partial charge in [0, 0.05) is 12.2 Å². The predicted octanol–water partition coefficient (Wildman–Crippen LogP) is 2.98. The number of aromatic nitrogens is 1. The molecule has 0 amide bonds. The summed E-state index contributed by atoms with van der Waals surface area (Å²) in [6, 6.07) is 1.97. The average molecular weight is 277 g/mol. The van der Waals surface area contributed by atoms with Gasteiger partial charge in [0.15, 0.2) is 0 Å². The zero-order chi connectivity index (χ0) is 14.4. The Morgan fingerprint density at radius 2 is 1.95 bits per heavy atom. The molecule has 1 fully saturated rings. The fourth-order valence-electron chi connectivity index (χ4n) is 2.67. The van der Waals surface area contributed by atoms with Gasteiger partial charge in [0.2, 0.25) is 0 Å². The second-order valence-electron chi connectivity index (χ2n) is 5.30. The maximum absolute atomic E-state index is 11.6. The van der Waals surface area contributed by atoms with Crippen molar-refractivity contribution in [3.05, 3.63) is 17.8 Å². The van der Waals surface area contributed by atoms with Crippen molar-refractivity contribution < 1.29 is 9.53 Å². The van der Waals surface area contributed by atoms with Gasteiger partial charge in [-0.3, -0.25) is 0 Å². The van der Waals surface area contributed by atoms with Crippen LogP contribution in [0.5, 0.6) is 0 Å². The summed E-state index contributed by atoms with van der Waals surface area (Å²) >= 11 is 0. The molecule has 0 unspecified atom stereocenters. The Balaban J connectivity index is 2.10. The Morgan fingerprint density at radius 1 is 1.30 bits per heavy atom. The van der Waals surface area contributed by atoms with Crippen LogP contribution in [0.3, 0.4) is 0 Å². The largest absolute Gasteiger partial charge is 0.465 e. The summed E-state index contributed by atoms with van der Waals surface area (Å²) < 4.78 is 4.72. The number of hydrogen-bond acceptors (Lipinski definition) is 5. The first-order valence-corrected chi connectivity index (χ1v) is 7.31. The fourth-order valence-corrected chi connectivity index (χ4v) is 2.67. The summed E-state index contributed by atoms with van der Waals surface area (Å²) in [4.78, 5) is 15.9. The Kier molecular flexibility index (Phi) is 5.21. The van der Waals surface area contributed by atoms with E-state index in [2.05, 4.69) is 10.3 Å². The number of pyridine rings is 1. The van der Waals surface area contributed by atoms with Crippen LogP contribution in [0.15, 0.2) is 12.3 Å². The van der Waals surface area contributed by atoms with E-state index in [-0.39, 0.29) is 0 Å². The van der Waals surface area contributed by atoms with Gasteiger partial charge in [0.05, 0.1) is 18.4 Å². The van der Waals surface area contributed by atoms with E-state index in [0.717, 1.165) is 12.8 Å². The zero-order valence-corrected chi connectivity index (χ0v) is 12.0. The maximum atomic E-state index is 11.6. The Labute approximate surface area is 119 Å². The molecule has 5 nitrogen and oxygen atoms in total. The van der Waals surface area contributed by atoms with Crippen LogP contribution in [-0.4, -0.2) is 24.1 Å². The monoisotopic (exact) mass is 277 g/mol. The number of methoxy groups -OCH3 is 1. The highest BCUT2D eigenvalue weighted by molar-refractivity contribution is 5.97. The molecule has 3 N–H and O–H groups in total. The van der Waals surface area contributed by atoms with Crippen LogP contribution in [0.4, 0.5) is 11.5 Å². The van der Waals surface area contributed by atoms with Crippen LogP contribution >= 0.6 is 0 Å². The van der Waals surface area contributed by atoms with Crippen LogP contribution in [0.1, 0.15) is 55.3 Å². The van der Waals surface area contributed by atoms with Crippen LogP contribution in [0, 0.1) is 0 Å². The van der Waals surface area contributed by atoms with Gasteiger partial charge in [-0.1, -0.05) is 32.1 Å². The highest BCUT2D eigenvalue weighted by atomic mass is 16.5. The van der Waals surface area contributed by atoms with E-state index in [1.165, 1.54) is 39.2 Å². The van der Waals surface area contributed by atoms with Crippen LogP contribution in [-0.2, 0) is 4.74 Å². The molecule has 1 aliphatic carbocycles. The normalized spacial score (nSPS) is 17.1. The molecule has 110 valence electrons. The van der Waals surface area contributed by atoms with E-state index in [1.54, 1.807) is 12.3 Å². The zero-order valence-electron chi connectivity index (χ0n) is 12.0. The van der Waals surface area contributed by atoms with Gasteiger partial charge in [0.25, 0.3) is 0 Å². The van der Waals surface area contributed by atoms with E-state index >= 15 is 0 Å². The number of esters is 1. The predicted molar refractivity (Wildman–Crippen MR) is 79.7 cm³/mol. The van der Waals surface area contributed by atoms with Gasteiger partial charge in [-0.05, 0) is 18.9 Å². The van der Waals surface area contributed by atoms with Gasteiger partial charge in [-0.15, -0.1) is 0 Å². The van der Waals surface area contributed by atoms with Gasteiger partial charge >= 0.3 is 5.97 Å². The highest BCUT2D eigenvalue weighted by Gasteiger charge is 2.17. The lowest BCUT2D eigenvalue weighted by molar-refractivity contribution is 0.0602. The lowest BCUT2D eigenvalue weighted by Gasteiger charge is -2.22. The molecule has 0 saturated heterocycles. The third kappa shape index (κ3) is 3.62. The maximum Gasteiger partial charge on any atom is 0.340 e. The van der Waals surface area contributed by atoms with Gasteiger partial charge in [-0.2, -0.15) is 0 Å². The van der Waals surface area contributed by atoms with Crippen molar-refractivity contribution in [2.75, 3.05) is 18.2 Å². The molecular weight excluding hydrogens is 254 g/mol. The van der Waals surface area contributed by atoms with Gasteiger partial charge in [-0.25, -0.2) is 9.78 Å². The summed E-state index contributed by atoms with van der Waals surface area (Å²) in [5, 5.41) is 3.39. The number of hydrogen-bond donors (Lipinski definition) is 2. The molecule has 1 aromatic rings. The first-order valence-electron chi connectivity index (χ1n) is 7.31. The third-order valence-electron chi connectivity index (χ3n) is 3.84. The van der Waals surface area contributed by atoms with E-state index in [4.69, 9.17) is 10.5 Å². The van der Waals surface area contributed by atoms with E-state index in [9.17, 15) is 4.79 Å². The first kappa shape index (κ1) is 14.6. The number of nitrogens with two attached hydrogens (primary N) is 1. The molecule has 5 heteroatoms. The third-order valence-corrected chi connectivity index (χ3v) is 3.84. The highest BCUT2D eigenvalue weighted by Crippen LogP contribution is 2.25. The molecule has 0 aliphatic heterocycles. The van der Waals surface area contributed by atoms with Crippen LogP contribution < -0.4 is 11.1 Å². The van der Waals surface area contributed by atoms with Gasteiger partial charge < -0.3 is 15.8 Å². The summed E-state index contributed by atoms with van der Waals surface area (Å²) in [7, 11) is 1.35. The minimum Gasteiger partial charge on any atom is -0.465 e. The Morgan fingerprint density at radius 3 is 2.60 bits per heavy atom. The summed E-state index contributed by atoms with van der Waals surface area (Å²) in [5.74, 6) is 0.170. The molecular formula is C15H23N3O2. The number of carbonyl (C=O) groups is 1. The smallest absolute Gasteiger partial charge is 0.340 e. The van der Waals surface area contributed by atoms with Crippen molar-refractivity contribution in [3.63, 3.8) is 0 Å². The SMILES string of the molecule is COC(=O)c1ccnc(NC2CCCCCCC2)c1N. The Bertz CT molecular complexity index is 454. The topological polar surface area (TPSA) is 77.2 Å². The van der Waals surface area contributed by atoms with Crippen molar-refractivity contribution in [1.29, 1.82) is 0 Å². The second-order valence-corrected chi connectivity index (χ2v) is 5.30. The summed E-state index contributed by atoms with van der Waals surface area (Å²) in [5.41, 5.74) is 6.77. The molecule has 1 heterocycles. The lowest BCUT2D eigenvalue weighted by atomic mass is 9.96. The average Bonchev–Trinajstić information content (AvgIpc) is 2.43. The van der Waals surface area contributed by atoms with Crippen molar-refractivity contribution in [2.45, 2.75) is 51.0 Å². The van der Waals surface area contributed by atoms with E-state index < -0.39 is 5.97 Å². The van der Waals surface area contributed by atoms with Crippen molar-refractivity contribution in [1.82, 2.24) is 4.98 Å². The molecule has 20 heavy (non-hydrogen) atoms. The fraction of sp³-hybridized carbons (Fsp3) is 0.600. The summed E-state index contributed by atoms with van der Waals surface area (Å²) in [6.45, 7) is 0. The number of nitrogens with zero attached hydrogens (tertiary/aromatic N) is 1. The molecule has 0 spiro atoms. The first-order chi connectivity index (χ1) is 9.72. The second kappa shape index (κ2) is 7.12. The van der Waals surface area contributed by atoms with Crippen LogP contribution in [0.25, 0.3) is 0 Å². The van der Waals surface area contributed by atoms with Crippen molar-refractivity contribution in [2.24, 2.45) is 0 Å². The van der Waals surface area contributed by atoms with Crippen molar-refractivity contribution >= 4 is 17.5 Å². The Hall–Kier alpha value is -1.78. The van der Waals surface area contributed by atoms with Crippen molar-refractivity contribution in [3.8, 4) is 0 Å². The molecule has 0 atom stereocenters. The molecule has 0 bridgehead atoms. The number of ether oxygens (including phenoxy) is 1. The minimum absolute atomic E-state index is 0.371. The molecule has 2 rings (SSSR count). The number of nitrogen functional groups attached to an aromatic ring is 1. The standard InChI is InChI=1S/C15H23N3O2/c1-20-15(19)12-9-10-17-14(13(12)16)18-11-7-5-3-2-4-6-8-11/h9-11H,2-8,16H2,1H3,(H,17,18). The molecule has 1 aromatic heterocycles. The number of carbonyl (C=O) groups excluding carboxylic acids is 1. The lowest BCUT2D eigenvalue weighted by Crippen LogP contribution is -2.22. The number of nitrogens with one attached hydrogen (secondary N) is 1. The van der Waals surface area contributed by atoms with Crippen LogP contribution in [0.2, 0.25) is 0 Å². The molecule has 1 aliphatic rings. The van der Waals surface area contributed by atoms with E-state index in [1.807, 2.05) is 0 Å². The molecule has 1 saturated carbocycles. The summed E-state index contributed by atoms with van der Waals surface area (Å²) in [6.07, 6.45) is 10.2. The minimum atomic E-state index is -0.425. The number of anilines is 2. The molecule has 0 radical (unpaired) electrons.